The number of hydrogen-bond acceptors (Lipinski definition) is 2. The first-order chi connectivity index (χ1) is 6.93. The van der Waals surface area contributed by atoms with E-state index in [1.165, 1.54) is 5.39 Å². The van der Waals surface area contributed by atoms with Crippen molar-refractivity contribution in [1.29, 1.82) is 0 Å². The van der Waals surface area contributed by atoms with Gasteiger partial charge in [0.2, 0.25) is 0 Å². The summed E-state index contributed by atoms with van der Waals surface area (Å²) < 4.78 is 5.71. The van der Waals surface area contributed by atoms with Crippen molar-refractivity contribution in [2.45, 2.75) is 0 Å². The maximum atomic E-state index is 5.71. The summed E-state index contributed by atoms with van der Waals surface area (Å²) in [4.78, 5) is 1.00. The molecule has 0 aliphatic rings. The van der Waals surface area contributed by atoms with Crippen molar-refractivity contribution in [3.05, 3.63) is 47.8 Å². The van der Waals surface area contributed by atoms with Crippen LogP contribution in [-0.2, 0) is 0 Å². The molecule has 0 aliphatic carbocycles. The van der Waals surface area contributed by atoms with E-state index in [9.17, 15) is 0 Å². The first kappa shape index (κ1) is 7.83. The fourth-order valence-corrected chi connectivity index (χ4v) is 2.25. The van der Waals surface area contributed by atoms with Crippen molar-refractivity contribution in [3.63, 3.8) is 0 Å². The number of fused-ring (bicyclic) bond motifs is 1. The summed E-state index contributed by atoms with van der Waals surface area (Å²) in [6.45, 7) is 0. The Kier molecular flexibility index (Phi) is 1.67. The van der Waals surface area contributed by atoms with Crippen LogP contribution < -0.4 is 0 Å². The topological polar surface area (TPSA) is 13.1 Å². The van der Waals surface area contributed by atoms with E-state index in [2.05, 4.69) is 24.3 Å². The molecule has 3 aromatic rings. The number of benzene rings is 1. The molecule has 0 spiro atoms. The molecule has 0 fully saturated rings. The van der Waals surface area contributed by atoms with Crippen LogP contribution in [0.5, 0.6) is 0 Å². The van der Waals surface area contributed by atoms with Gasteiger partial charge in [-0.15, -0.1) is 11.3 Å². The zero-order valence-corrected chi connectivity index (χ0v) is 8.25. The Labute approximate surface area is 85.6 Å². The summed E-state index contributed by atoms with van der Waals surface area (Å²) in [7, 11) is 0. The standard InChI is InChI=1S/C12H8OS/c1-2-4-9(5-3-1)11-8-10-6-7-14-12(10)13-11/h1-8H. The Morgan fingerprint density at radius 3 is 2.64 bits per heavy atom. The Morgan fingerprint density at radius 2 is 1.86 bits per heavy atom. The molecule has 0 aliphatic heterocycles. The van der Waals surface area contributed by atoms with Crippen LogP contribution in [0, 0.1) is 0 Å². The van der Waals surface area contributed by atoms with E-state index in [1.54, 1.807) is 11.3 Å². The lowest BCUT2D eigenvalue weighted by atomic mass is 10.2. The van der Waals surface area contributed by atoms with Gasteiger partial charge in [-0.1, -0.05) is 30.3 Å². The smallest absolute Gasteiger partial charge is 0.188 e. The van der Waals surface area contributed by atoms with Crippen molar-refractivity contribution in [2.75, 3.05) is 0 Å². The van der Waals surface area contributed by atoms with Crippen molar-refractivity contribution in [2.24, 2.45) is 0 Å². The lowest BCUT2D eigenvalue weighted by Crippen LogP contribution is -1.69. The first-order valence-electron chi connectivity index (χ1n) is 4.46. The number of hydrogen-bond donors (Lipinski definition) is 0. The molecular weight excluding hydrogens is 192 g/mol. The molecule has 0 radical (unpaired) electrons. The van der Waals surface area contributed by atoms with Crippen LogP contribution in [0.3, 0.4) is 0 Å². The molecule has 2 heterocycles. The third-order valence-corrected chi connectivity index (χ3v) is 3.01. The first-order valence-corrected chi connectivity index (χ1v) is 5.34. The fraction of sp³-hybridized carbons (Fsp3) is 0. The Morgan fingerprint density at radius 1 is 1.00 bits per heavy atom. The maximum absolute atomic E-state index is 5.71. The van der Waals surface area contributed by atoms with Crippen LogP contribution in [0.4, 0.5) is 0 Å². The molecule has 0 unspecified atom stereocenters. The molecule has 3 rings (SSSR count). The summed E-state index contributed by atoms with van der Waals surface area (Å²) in [5.74, 6) is 0.951. The molecule has 0 saturated heterocycles. The minimum absolute atomic E-state index is 0.951. The molecule has 0 saturated carbocycles. The Bertz CT molecular complexity index is 519. The lowest BCUT2D eigenvalue weighted by Gasteiger charge is -1.93. The molecule has 14 heavy (non-hydrogen) atoms. The number of furan rings is 1. The van der Waals surface area contributed by atoms with Gasteiger partial charge in [0.15, 0.2) is 4.90 Å². The van der Waals surface area contributed by atoms with E-state index in [4.69, 9.17) is 4.42 Å². The normalized spacial score (nSPS) is 10.9. The zero-order chi connectivity index (χ0) is 9.38. The molecule has 1 nitrogen and oxygen atoms in total. The third kappa shape index (κ3) is 1.16. The summed E-state index contributed by atoms with van der Waals surface area (Å²) in [5, 5.41) is 3.23. The van der Waals surface area contributed by atoms with E-state index >= 15 is 0 Å². The van der Waals surface area contributed by atoms with Crippen molar-refractivity contribution < 1.29 is 4.42 Å². The van der Waals surface area contributed by atoms with Crippen LogP contribution in [0.25, 0.3) is 21.6 Å². The van der Waals surface area contributed by atoms with E-state index in [-0.39, 0.29) is 0 Å². The zero-order valence-electron chi connectivity index (χ0n) is 7.44. The van der Waals surface area contributed by atoms with Gasteiger partial charge < -0.3 is 4.42 Å². The van der Waals surface area contributed by atoms with Gasteiger partial charge >= 0.3 is 0 Å². The minimum Gasteiger partial charge on any atom is -0.445 e. The number of thiophene rings is 1. The maximum Gasteiger partial charge on any atom is 0.188 e. The van der Waals surface area contributed by atoms with Gasteiger partial charge in [0.25, 0.3) is 0 Å². The molecular formula is C12H8OS. The second-order valence-electron chi connectivity index (χ2n) is 3.14. The summed E-state index contributed by atoms with van der Waals surface area (Å²) in [5.41, 5.74) is 1.14. The van der Waals surface area contributed by atoms with Crippen molar-refractivity contribution >= 4 is 21.6 Å². The highest BCUT2D eigenvalue weighted by molar-refractivity contribution is 7.16. The minimum atomic E-state index is 0.951. The third-order valence-electron chi connectivity index (χ3n) is 2.21. The van der Waals surface area contributed by atoms with Crippen LogP contribution in [0.15, 0.2) is 52.3 Å². The second-order valence-corrected chi connectivity index (χ2v) is 4.02. The predicted octanol–water partition coefficient (Wildman–Crippen LogP) is 4.16. The summed E-state index contributed by atoms with van der Waals surface area (Å²) in [6.07, 6.45) is 0. The molecule has 0 amide bonds. The predicted molar refractivity (Wildman–Crippen MR) is 59.5 cm³/mol. The molecule has 68 valence electrons. The van der Waals surface area contributed by atoms with Crippen molar-refractivity contribution in [1.82, 2.24) is 0 Å². The van der Waals surface area contributed by atoms with Crippen LogP contribution in [-0.4, -0.2) is 0 Å². The highest BCUT2D eigenvalue weighted by Gasteiger charge is 2.05. The molecule has 1 aromatic carbocycles. The summed E-state index contributed by atoms with van der Waals surface area (Å²) >= 11 is 1.64. The van der Waals surface area contributed by atoms with Crippen LogP contribution in [0.2, 0.25) is 0 Å². The molecule has 0 bridgehead atoms. The van der Waals surface area contributed by atoms with Gasteiger partial charge in [-0.25, -0.2) is 0 Å². The monoisotopic (exact) mass is 200 g/mol. The average Bonchev–Trinajstić information content (AvgIpc) is 2.78. The van der Waals surface area contributed by atoms with E-state index in [1.807, 2.05) is 23.6 Å². The Hall–Kier alpha value is -1.54. The fourth-order valence-electron chi connectivity index (χ4n) is 1.51. The van der Waals surface area contributed by atoms with E-state index in [0.717, 1.165) is 16.2 Å². The quantitative estimate of drug-likeness (QED) is 0.574. The van der Waals surface area contributed by atoms with Crippen molar-refractivity contribution in [3.8, 4) is 11.3 Å². The van der Waals surface area contributed by atoms with Crippen LogP contribution >= 0.6 is 11.3 Å². The SMILES string of the molecule is c1ccc(-c2cc3ccsc3o2)cc1. The van der Waals surface area contributed by atoms with Crippen LogP contribution in [0.1, 0.15) is 0 Å². The Balaban J connectivity index is 2.19. The van der Waals surface area contributed by atoms with E-state index in [0.29, 0.717) is 0 Å². The van der Waals surface area contributed by atoms with E-state index < -0.39 is 0 Å². The largest absolute Gasteiger partial charge is 0.445 e. The summed E-state index contributed by atoms with van der Waals surface area (Å²) in [6, 6.07) is 14.3. The highest BCUT2D eigenvalue weighted by Crippen LogP contribution is 2.30. The van der Waals surface area contributed by atoms with Gasteiger partial charge in [-0.05, 0) is 17.5 Å². The molecule has 2 heteroatoms. The molecule has 0 atom stereocenters. The highest BCUT2D eigenvalue weighted by atomic mass is 32.1. The molecule has 2 aromatic heterocycles. The van der Waals surface area contributed by atoms with Gasteiger partial charge in [-0.2, -0.15) is 0 Å². The van der Waals surface area contributed by atoms with Gasteiger partial charge in [0.05, 0.1) is 0 Å². The molecule has 0 N–H and O–H groups in total. The number of rotatable bonds is 1. The lowest BCUT2D eigenvalue weighted by molar-refractivity contribution is 0.639. The van der Waals surface area contributed by atoms with Gasteiger partial charge in [0.1, 0.15) is 5.76 Å². The van der Waals surface area contributed by atoms with Gasteiger partial charge in [-0.3, -0.25) is 0 Å². The second kappa shape index (κ2) is 3.00. The van der Waals surface area contributed by atoms with Gasteiger partial charge in [0, 0.05) is 10.9 Å². The average molecular weight is 200 g/mol.